The van der Waals surface area contributed by atoms with Crippen molar-refractivity contribution in [2.45, 2.75) is 11.5 Å². The van der Waals surface area contributed by atoms with Crippen molar-refractivity contribution in [1.82, 2.24) is 0 Å². The summed E-state index contributed by atoms with van der Waals surface area (Å²) in [5, 5.41) is 12.5. The second kappa shape index (κ2) is 9.53. The van der Waals surface area contributed by atoms with Crippen molar-refractivity contribution < 1.29 is 5.21 Å². The SMILES string of the molecule is ON=C(CSCc1ccccc1)CSCc1ccccc1. The van der Waals surface area contributed by atoms with Crippen molar-refractivity contribution >= 4 is 29.2 Å². The molecule has 0 atom stereocenters. The summed E-state index contributed by atoms with van der Waals surface area (Å²) in [5.41, 5.74) is 3.45. The maximum atomic E-state index is 9.08. The number of hydrogen-bond acceptors (Lipinski definition) is 4. The highest BCUT2D eigenvalue weighted by atomic mass is 32.2. The van der Waals surface area contributed by atoms with Crippen LogP contribution < -0.4 is 0 Å². The number of nitrogens with zero attached hydrogens (tertiary/aromatic N) is 1. The molecule has 0 aliphatic heterocycles. The molecule has 2 aromatic carbocycles. The largest absolute Gasteiger partial charge is 0.411 e. The predicted molar refractivity (Wildman–Crippen MR) is 94.4 cm³/mol. The van der Waals surface area contributed by atoms with Crippen molar-refractivity contribution in [3.8, 4) is 0 Å². The molecule has 0 saturated heterocycles. The zero-order valence-corrected chi connectivity index (χ0v) is 13.4. The summed E-state index contributed by atoms with van der Waals surface area (Å²) in [4.78, 5) is 0. The lowest BCUT2D eigenvalue weighted by Gasteiger charge is -2.05. The van der Waals surface area contributed by atoms with Gasteiger partial charge in [0.05, 0.1) is 5.71 Å². The summed E-state index contributed by atoms with van der Waals surface area (Å²) < 4.78 is 0. The normalized spacial score (nSPS) is 10.3. The van der Waals surface area contributed by atoms with Crippen LogP contribution >= 0.6 is 23.5 Å². The average molecular weight is 317 g/mol. The van der Waals surface area contributed by atoms with Gasteiger partial charge in [0.1, 0.15) is 0 Å². The van der Waals surface area contributed by atoms with E-state index in [0.717, 1.165) is 28.7 Å². The zero-order chi connectivity index (χ0) is 14.8. The Morgan fingerprint density at radius 1 is 0.762 bits per heavy atom. The Morgan fingerprint density at radius 2 is 1.19 bits per heavy atom. The van der Waals surface area contributed by atoms with Crippen molar-refractivity contribution in [1.29, 1.82) is 0 Å². The Morgan fingerprint density at radius 3 is 1.57 bits per heavy atom. The lowest BCUT2D eigenvalue weighted by atomic mass is 10.2. The Balaban J connectivity index is 1.67. The first kappa shape index (κ1) is 16.0. The summed E-state index contributed by atoms with van der Waals surface area (Å²) >= 11 is 3.56. The second-order valence-corrected chi connectivity index (χ2v) is 6.59. The van der Waals surface area contributed by atoms with Crippen molar-refractivity contribution in [2.75, 3.05) is 11.5 Å². The van der Waals surface area contributed by atoms with Crippen LogP contribution in [-0.4, -0.2) is 22.4 Å². The van der Waals surface area contributed by atoms with Gasteiger partial charge in [0, 0.05) is 23.0 Å². The Kier molecular flexibility index (Phi) is 7.25. The standard InChI is InChI=1S/C17H19NOS2/c19-18-17(13-20-11-15-7-3-1-4-8-15)14-21-12-16-9-5-2-6-10-16/h1-10,19H,11-14H2. The van der Waals surface area contributed by atoms with Gasteiger partial charge >= 0.3 is 0 Å². The molecule has 0 fully saturated rings. The van der Waals surface area contributed by atoms with Crippen molar-refractivity contribution in [3.63, 3.8) is 0 Å². The molecule has 0 amide bonds. The molecule has 2 nitrogen and oxygen atoms in total. The van der Waals surface area contributed by atoms with Crippen LogP contribution in [0.15, 0.2) is 65.8 Å². The molecule has 0 aliphatic carbocycles. The molecule has 2 aromatic rings. The lowest BCUT2D eigenvalue weighted by Crippen LogP contribution is -2.06. The zero-order valence-electron chi connectivity index (χ0n) is 11.8. The monoisotopic (exact) mass is 317 g/mol. The predicted octanol–water partition coefficient (Wildman–Crippen LogP) is 4.68. The molecule has 0 spiro atoms. The molecular formula is C17H19NOS2. The second-order valence-electron chi connectivity index (χ2n) is 4.62. The highest BCUT2D eigenvalue weighted by Crippen LogP contribution is 2.16. The number of rotatable bonds is 8. The molecule has 2 rings (SSSR count). The molecule has 0 aromatic heterocycles. The third kappa shape index (κ3) is 6.27. The average Bonchev–Trinajstić information content (AvgIpc) is 2.55. The molecule has 0 aliphatic rings. The fourth-order valence-electron chi connectivity index (χ4n) is 1.82. The van der Waals surface area contributed by atoms with E-state index in [4.69, 9.17) is 5.21 Å². The van der Waals surface area contributed by atoms with Crippen LogP contribution in [-0.2, 0) is 11.5 Å². The Labute approximate surface area is 134 Å². The van der Waals surface area contributed by atoms with Crippen molar-refractivity contribution in [3.05, 3.63) is 71.8 Å². The first-order valence-electron chi connectivity index (χ1n) is 6.81. The third-order valence-corrected chi connectivity index (χ3v) is 5.05. The van der Waals surface area contributed by atoms with Gasteiger partial charge in [-0.3, -0.25) is 0 Å². The topological polar surface area (TPSA) is 32.6 Å². The molecule has 21 heavy (non-hydrogen) atoms. The molecule has 0 heterocycles. The van der Waals surface area contributed by atoms with Crippen molar-refractivity contribution in [2.24, 2.45) is 5.16 Å². The van der Waals surface area contributed by atoms with Gasteiger partial charge in [-0.25, -0.2) is 0 Å². The van der Waals surface area contributed by atoms with E-state index in [1.54, 1.807) is 23.5 Å². The highest BCUT2D eigenvalue weighted by Gasteiger charge is 2.03. The summed E-state index contributed by atoms with van der Waals surface area (Å²) in [7, 11) is 0. The van der Waals surface area contributed by atoms with Crippen LogP contribution in [0.4, 0.5) is 0 Å². The van der Waals surface area contributed by atoms with Crippen LogP contribution in [0, 0.1) is 0 Å². The molecule has 1 N–H and O–H groups in total. The minimum Gasteiger partial charge on any atom is -0.411 e. The molecule has 0 radical (unpaired) electrons. The van der Waals surface area contributed by atoms with Gasteiger partial charge in [0.15, 0.2) is 0 Å². The summed E-state index contributed by atoms with van der Waals surface area (Å²) in [6.07, 6.45) is 0. The molecule has 0 unspecified atom stereocenters. The maximum absolute atomic E-state index is 9.08. The van der Waals surface area contributed by atoms with Gasteiger partial charge in [0.25, 0.3) is 0 Å². The van der Waals surface area contributed by atoms with E-state index in [2.05, 4.69) is 29.4 Å². The smallest absolute Gasteiger partial charge is 0.0768 e. The fourth-order valence-corrected chi connectivity index (χ4v) is 3.80. The van der Waals surface area contributed by atoms with E-state index < -0.39 is 0 Å². The molecule has 0 bridgehead atoms. The minimum atomic E-state index is 0.771. The van der Waals surface area contributed by atoms with E-state index >= 15 is 0 Å². The van der Waals surface area contributed by atoms with Crippen LogP contribution in [0.25, 0.3) is 0 Å². The third-order valence-electron chi connectivity index (χ3n) is 2.90. The van der Waals surface area contributed by atoms with Gasteiger partial charge in [-0.05, 0) is 11.1 Å². The fraction of sp³-hybridized carbons (Fsp3) is 0.235. The van der Waals surface area contributed by atoms with E-state index in [-0.39, 0.29) is 0 Å². The van der Waals surface area contributed by atoms with E-state index in [9.17, 15) is 0 Å². The maximum Gasteiger partial charge on any atom is 0.0768 e. The van der Waals surface area contributed by atoms with Gasteiger partial charge in [-0.15, -0.1) is 0 Å². The molecule has 0 saturated carbocycles. The van der Waals surface area contributed by atoms with Gasteiger partial charge in [0.2, 0.25) is 0 Å². The summed E-state index contributed by atoms with van der Waals surface area (Å²) in [6, 6.07) is 20.7. The Bertz CT molecular complexity index is 496. The Hall–Kier alpha value is -1.39. The summed E-state index contributed by atoms with van der Waals surface area (Å²) in [5.74, 6) is 3.44. The van der Waals surface area contributed by atoms with E-state index in [0.29, 0.717) is 0 Å². The number of hydrogen-bond donors (Lipinski definition) is 1. The minimum absolute atomic E-state index is 0.771. The number of benzene rings is 2. The van der Waals surface area contributed by atoms with Gasteiger partial charge in [-0.2, -0.15) is 23.5 Å². The summed E-state index contributed by atoms with van der Waals surface area (Å²) in [6.45, 7) is 0. The van der Waals surface area contributed by atoms with Gasteiger partial charge in [-0.1, -0.05) is 65.8 Å². The lowest BCUT2D eigenvalue weighted by molar-refractivity contribution is 0.318. The number of thioether (sulfide) groups is 2. The quantitative estimate of drug-likeness (QED) is 0.436. The van der Waals surface area contributed by atoms with Crippen LogP contribution in [0.1, 0.15) is 11.1 Å². The van der Waals surface area contributed by atoms with Crippen LogP contribution in [0.5, 0.6) is 0 Å². The van der Waals surface area contributed by atoms with E-state index in [1.807, 2.05) is 36.4 Å². The molecule has 4 heteroatoms. The molecule has 110 valence electrons. The first-order chi connectivity index (χ1) is 10.4. The first-order valence-corrected chi connectivity index (χ1v) is 9.12. The van der Waals surface area contributed by atoms with Gasteiger partial charge < -0.3 is 5.21 Å². The number of oxime groups is 1. The van der Waals surface area contributed by atoms with Crippen LogP contribution in [0.2, 0.25) is 0 Å². The molecular weight excluding hydrogens is 298 g/mol. The highest BCUT2D eigenvalue weighted by molar-refractivity contribution is 8.00. The van der Waals surface area contributed by atoms with Crippen LogP contribution in [0.3, 0.4) is 0 Å². The van der Waals surface area contributed by atoms with E-state index in [1.165, 1.54) is 11.1 Å².